The van der Waals surface area contributed by atoms with Crippen molar-refractivity contribution in [2.24, 2.45) is 0 Å². The van der Waals surface area contributed by atoms with Crippen LogP contribution in [0, 0.1) is 6.92 Å². The van der Waals surface area contributed by atoms with Gasteiger partial charge in [0.25, 0.3) is 5.24 Å². The van der Waals surface area contributed by atoms with Gasteiger partial charge in [0.05, 0.1) is 10.9 Å². The first-order chi connectivity index (χ1) is 10.1. The molecule has 0 radical (unpaired) electrons. The number of hydrogen-bond donors (Lipinski definition) is 0. The van der Waals surface area contributed by atoms with Crippen LogP contribution in [-0.4, -0.2) is 16.4 Å². The fourth-order valence-electron chi connectivity index (χ4n) is 2.34. The molecule has 0 aliphatic carbocycles. The molecule has 1 atom stereocenters. The van der Waals surface area contributed by atoms with E-state index < -0.39 is 0 Å². The molecule has 1 saturated heterocycles. The molecule has 4 heteroatoms. The summed E-state index contributed by atoms with van der Waals surface area (Å²) in [6.07, 6.45) is 0.582. The molecule has 0 unspecified atom stereocenters. The molecule has 1 fully saturated rings. The number of rotatable bonds is 3. The van der Waals surface area contributed by atoms with Gasteiger partial charge in [0.2, 0.25) is 5.91 Å². The van der Waals surface area contributed by atoms with Crippen molar-refractivity contribution in [2.75, 3.05) is 4.90 Å². The lowest BCUT2D eigenvalue weighted by molar-refractivity contribution is -0.117. The highest BCUT2D eigenvalue weighted by Crippen LogP contribution is 2.33. The molecule has 2 aromatic rings. The number of benzene rings is 2. The van der Waals surface area contributed by atoms with Crippen LogP contribution in [0.15, 0.2) is 54.6 Å². The second-order valence-electron chi connectivity index (χ2n) is 5.07. The largest absolute Gasteiger partial charge is 0.293 e. The molecule has 2 aromatic carbocycles. The second kappa shape index (κ2) is 5.74. The van der Waals surface area contributed by atoms with Gasteiger partial charge in [0.1, 0.15) is 0 Å². The Kier molecular flexibility index (Phi) is 3.80. The summed E-state index contributed by atoms with van der Waals surface area (Å²) in [4.78, 5) is 25.9. The van der Waals surface area contributed by atoms with Gasteiger partial charge in [-0.25, -0.2) is 4.90 Å². The minimum atomic E-state index is -0.333. The predicted octanol–water partition coefficient (Wildman–Crippen LogP) is 3.81. The molecule has 3 nitrogen and oxygen atoms in total. The Morgan fingerprint density at radius 1 is 1.00 bits per heavy atom. The van der Waals surface area contributed by atoms with E-state index in [4.69, 9.17) is 0 Å². The maximum Gasteiger partial charge on any atom is 0.293 e. The molecule has 1 heterocycles. The molecular weight excluding hydrogens is 282 g/mol. The number of aryl methyl sites for hydroxylation is 1. The molecular formula is C17H15NO2S. The van der Waals surface area contributed by atoms with Gasteiger partial charge in [-0.1, -0.05) is 59.8 Å². The number of imide groups is 1. The quantitative estimate of drug-likeness (QED) is 0.864. The maximum absolute atomic E-state index is 12.5. The van der Waals surface area contributed by atoms with E-state index in [9.17, 15) is 9.59 Å². The third kappa shape index (κ3) is 2.85. The molecule has 2 amide bonds. The Balaban J connectivity index is 1.79. The summed E-state index contributed by atoms with van der Waals surface area (Å²) in [6.45, 7) is 2.03. The zero-order valence-electron chi connectivity index (χ0n) is 11.7. The van der Waals surface area contributed by atoms with E-state index in [1.165, 1.54) is 10.5 Å². The maximum atomic E-state index is 12.5. The highest BCUT2D eigenvalue weighted by molar-refractivity contribution is 8.15. The molecule has 1 aliphatic rings. The van der Waals surface area contributed by atoms with Gasteiger partial charge in [0.15, 0.2) is 0 Å². The summed E-state index contributed by atoms with van der Waals surface area (Å²) < 4.78 is 0. The van der Waals surface area contributed by atoms with E-state index in [1.54, 1.807) is 12.1 Å². The van der Waals surface area contributed by atoms with Crippen molar-refractivity contribution < 1.29 is 9.59 Å². The van der Waals surface area contributed by atoms with Crippen LogP contribution in [0.5, 0.6) is 0 Å². The second-order valence-corrected chi connectivity index (χ2v) is 6.23. The normalized spacial score (nSPS) is 18.3. The van der Waals surface area contributed by atoms with Crippen molar-refractivity contribution in [3.8, 4) is 0 Å². The standard InChI is InChI=1S/C17H15NO2S/c1-12-7-9-13(10-8-12)11-15-16(19)18(17(20)21-15)14-5-3-2-4-6-14/h2-10,15H,11H2,1H3/t15-/m0/s1. The van der Waals surface area contributed by atoms with Crippen molar-refractivity contribution in [3.05, 3.63) is 65.7 Å². The Morgan fingerprint density at radius 2 is 1.67 bits per heavy atom. The Bertz CT molecular complexity index is 667. The first-order valence-electron chi connectivity index (χ1n) is 6.80. The van der Waals surface area contributed by atoms with Crippen molar-refractivity contribution in [1.29, 1.82) is 0 Å². The molecule has 0 aromatic heterocycles. The molecule has 3 rings (SSSR count). The van der Waals surface area contributed by atoms with Gasteiger partial charge in [-0.05, 0) is 31.0 Å². The number of anilines is 1. The van der Waals surface area contributed by atoms with Gasteiger partial charge >= 0.3 is 0 Å². The van der Waals surface area contributed by atoms with Crippen LogP contribution >= 0.6 is 11.8 Å². The highest BCUT2D eigenvalue weighted by Gasteiger charge is 2.40. The monoisotopic (exact) mass is 297 g/mol. The van der Waals surface area contributed by atoms with E-state index in [1.807, 2.05) is 49.4 Å². The van der Waals surface area contributed by atoms with Gasteiger partial charge < -0.3 is 0 Å². The molecule has 106 valence electrons. The molecule has 21 heavy (non-hydrogen) atoms. The first kappa shape index (κ1) is 13.9. The van der Waals surface area contributed by atoms with Crippen LogP contribution in [0.2, 0.25) is 0 Å². The third-order valence-electron chi connectivity index (χ3n) is 3.48. The summed E-state index contributed by atoms with van der Waals surface area (Å²) in [5.41, 5.74) is 2.91. The molecule has 1 aliphatic heterocycles. The fourth-order valence-corrected chi connectivity index (χ4v) is 3.36. The van der Waals surface area contributed by atoms with Crippen LogP contribution in [0.1, 0.15) is 11.1 Å². The topological polar surface area (TPSA) is 37.4 Å². The zero-order chi connectivity index (χ0) is 14.8. The van der Waals surface area contributed by atoms with Crippen LogP contribution < -0.4 is 4.90 Å². The lowest BCUT2D eigenvalue weighted by Crippen LogP contribution is -2.32. The Hall–Kier alpha value is -2.07. The average Bonchev–Trinajstić information content (AvgIpc) is 2.77. The number of nitrogens with zero attached hydrogens (tertiary/aromatic N) is 1. The van der Waals surface area contributed by atoms with Crippen LogP contribution in [-0.2, 0) is 11.2 Å². The first-order valence-corrected chi connectivity index (χ1v) is 7.68. The predicted molar refractivity (Wildman–Crippen MR) is 85.6 cm³/mol. The number of para-hydroxylation sites is 1. The summed E-state index contributed by atoms with van der Waals surface area (Å²) in [7, 11) is 0. The number of carbonyl (C=O) groups is 2. The molecule has 0 N–H and O–H groups in total. The smallest absolute Gasteiger partial charge is 0.273 e. The van der Waals surface area contributed by atoms with Gasteiger partial charge in [0, 0.05) is 0 Å². The number of carbonyl (C=O) groups excluding carboxylic acids is 2. The summed E-state index contributed by atoms with van der Waals surface area (Å²) in [6, 6.07) is 17.2. The van der Waals surface area contributed by atoms with E-state index >= 15 is 0 Å². The van der Waals surface area contributed by atoms with Gasteiger partial charge in [-0.2, -0.15) is 0 Å². The van der Waals surface area contributed by atoms with E-state index in [-0.39, 0.29) is 16.4 Å². The van der Waals surface area contributed by atoms with E-state index in [0.717, 1.165) is 17.3 Å². The summed E-state index contributed by atoms with van der Waals surface area (Å²) in [5.74, 6) is -0.128. The number of thioether (sulfide) groups is 1. The minimum Gasteiger partial charge on any atom is -0.273 e. The van der Waals surface area contributed by atoms with Crippen molar-refractivity contribution >= 4 is 28.6 Å². The van der Waals surface area contributed by atoms with E-state index in [0.29, 0.717) is 12.1 Å². The summed E-state index contributed by atoms with van der Waals surface area (Å²) >= 11 is 1.11. The van der Waals surface area contributed by atoms with E-state index in [2.05, 4.69) is 0 Å². The van der Waals surface area contributed by atoms with Crippen molar-refractivity contribution in [1.82, 2.24) is 0 Å². The third-order valence-corrected chi connectivity index (χ3v) is 4.51. The minimum absolute atomic E-state index is 0.128. The SMILES string of the molecule is Cc1ccc(C[C@@H]2SC(=O)N(c3ccccc3)C2=O)cc1. The Labute approximate surface area is 128 Å². The van der Waals surface area contributed by atoms with Crippen LogP contribution in [0.3, 0.4) is 0 Å². The highest BCUT2D eigenvalue weighted by atomic mass is 32.2. The summed E-state index contributed by atoms with van der Waals surface area (Å²) in [5, 5.41) is -0.524. The molecule has 0 bridgehead atoms. The van der Waals surface area contributed by atoms with Crippen molar-refractivity contribution in [3.63, 3.8) is 0 Å². The molecule has 0 saturated carbocycles. The lowest BCUT2D eigenvalue weighted by atomic mass is 10.1. The average molecular weight is 297 g/mol. The number of hydrogen-bond acceptors (Lipinski definition) is 3. The number of amides is 2. The van der Waals surface area contributed by atoms with Gasteiger partial charge in [-0.3, -0.25) is 9.59 Å². The van der Waals surface area contributed by atoms with Crippen LogP contribution in [0.25, 0.3) is 0 Å². The lowest BCUT2D eigenvalue weighted by Gasteiger charge is -2.13. The van der Waals surface area contributed by atoms with Gasteiger partial charge in [-0.15, -0.1) is 0 Å². The van der Waals surface area contributed by atoms with Crippen molar-refractivity contribution in [2.45, 2.75) is 18.6 Å². The van der Waals surface area contributed by atoms with Crippen LogP contribution in [0.4, 0.5) is 10.5 Å². The fraction of sp³-hybridized carbons (Fsp3) is 0.176. The zero-order valence-corrected chi connectivity index (χ0v) is 12.5. The molecule has 0 spiro atoms. The Morgan fingerprint density at radius 3 is 2.33 bits per heavy atom.